The first-order chi connectivity index (χ1) is 13.2. The predicted molar refractivity (Wildman–Crippen MR) is 107 cm³/mol. The van der Waals surface area contributed by atoms with Crippen molar-refractivity contribution in [2.75, 3.05) is 13.7 Å². The van der Waals surface area contributed by atoms with Crippen LogP contribution in [-0.4, -0.2) is 18.7 Å². The maximum absolute atomic E-state index is 12.5. The Kier molecular flexibility index (Phi) is 4.64. The number of nitrogens with zero attached hydrogens (tertiary/aromatic N) is 1. The standard InChI is InChI=1S/C21H17NO4S/c1-3-25-15-9-7-13(8-10-15)17-12-27-20(22-17)16-11-14-5-4-6-18(24-2)19(14)26-21(16)23/h4-12H,3H2,1-2H3. The summed E-state index contributed by atoms with van der Waals surface area (Å²) in [6, 6.07) is 15.0. The van der Waals surface area contributed by atoms with E-state index in [1.54, 1.807) is 19.2 Å². The van der Waals surface area contributed by atoms with Gasteiger partial charge in [-0.2, -0.15) is 0 Å². The van der Waals surface area contributed by atoms with Crippen molar-refractivity contribution in [2.45, 2.75) is 6.92 Å². The van der Waals surface area contributed by atoms with Crippen molar-refractivity contribution in [1.29, 1.82) is 0 Å². The maximum atomic E-state index is 12.5. The lowest BCUT2D eigenvalue weighted by Crippen LogP contribution is -2.03. The summed E-state index contributed by atoms with van der Waals surface area (Å²) >= 11 is 1.41. The Labute approximate surface area is 159 Å². The van der Waals surface area contributed by atoms with Gasteiger partial charge >= 0.3 is 5.63 Å². The molecule has 2 aromatic carbocycles. The normalized spacial score (nSPS) is 10.9. The molecule has 0 amide bonds. The highest BCUT2D eigenvalue weighted by molar-refractivity contribution is 7.13. The third-order valence-corrected chi connectivity index (χ3v) is 5.02. The highest BCUT2D eigenvalue weighted by atomic mass is 32.1. The van der Waals surface area contributed by atoms with Crippen LogP contribution in [0.25, 0.3) is 32.8 Å². The van der Waals surface area contributed by atoms with E-state index in [4.69, 9.17) is 13.9 Å². The van der Waals surface area contributed by atoms with Crippen LogP contribution in [0.4, 0.5) is 0 Å². The number of methoxy groups -OCH3 is 1. The Morgan fingerprint density at radius 2 is 1.96 bits per heavy atom. The zero-order chi connectivity index (χ0) is 18.8. The molecule has 0 aliphatic heterocycles. The fourth-order valence-corrected chi connectivity index (χ4v) is 3.68. The molecular weight excluding hydrogens is 362 g/mol. The van der Waals surface area contributed by atoms with Gasteiger partial charge in [0.15, 0.2) is 11.3 Å². The molecule has 4 aromatic rings. The highest BCUT2D eigenvalue weighted by Gasteiger charge is 2.14. The second-order valence-electron chi connectivity index (χ2n) is 5.82. The molecular formula is C21H17NO4S. The van der Waals surface area contributed by atoms with Crippen LogP contribution in [0.5, 0.6) is 11.5 Å². The Morgan fingerprint density at radius 3 is 2.70 bits per heavy atom. The van der Waals surface area contributed by atoms with E-state index in [-0.39, 0.29) is 0 Å². The maximum Gasteiger partial charge on any atom is 0.346 e. The first-order valence-electron chi connectivity index (χ1n) is 8.49. The molecule has 2 heterocycles. The summed E-state index contributed by atoms with van der Waals surface area (Å²) in [4.78, 5) is 17.1. The molecule has 0 aliphatic carbocycles. The monoisotopic (exact) mass is 379 g/mol. The van der Waals surface area contributed by atoms with Gasteiger partial charge in [-0.15, -0.1) is 11.3 Å². The molecule has 0 spiro atoms. The molecule has 4 rings (SSSR count). The minimum absolute atomic E-state index is 0.431. The summed E-state index contributed by atoms with van der Waals surface area (Å²) in [5, 5.41) is 3.35. The number of thiazole rings is 1. The molecule has 0 radical (unpaired) electrons. The summed E-state index contributed by atoms with van der Waals surface area (Å²) in [5.41, 5.74) is 2.23. The number of fused-ring (bicyclic) bond motifs is 1. The van der Waals surface area contributed by atoms with E-state index in [0.717, 1.165) is 22.4 Å². The van der Waals surface area contributed by atoms with Gasteiger partial charge in [0.05, 0.1) is 25.0 Å². The molecule has 6 heteroatoms. The Hall–Kier alpha value is -3.12. The number of hydrogen-bond acceptors (Lipinski definition) is 6. The van der Waals surface area contributed by atoms with Crippen molar-refractivity contribution in [3.63, 3.8) is 0 Å². The molecule has 0 fully saturated rings. The van der Waals surface area contributed by atoms with Gasteiger partial charge in [0.1, 0.15) is 10.8 Å². The van der Waals surface area contributed by atoms with Crippen molar-refractivity contribution >= 4 is 22.3 Å². The van der Waals surface area contributed by atoms with Crippen molar-refractivity contribution in [3.8, 4) is 33.3 Å². The molecule has 0 saturated heterocycles. The number of ether oxygens (including phenoxy) is 2. The third kappa shape index (κ3) is 3.31. The smallest absolute Gasteiger partial charge is 0.346 e. The summed E-state index contributed by atoms with van der Waals surface area (Å²) in [6.45, 7) is 2.58. The number of hydrogen-bond donors (Lipinski definition) is 0. The van der Waals surface area contributed by atoms with Crippen LogP contribution in [0.3, 0.4) is 0 Å². The largest absolute Gasteiger partial charge is 0.494 e. The van der Waals surface area contributed by atoms with E-state index >= 15 is 0 Å². The van der Waals surface area contributed by atoms with Gasteiger partial charge in [-0.1, -0.05) is 12.1 Å². The lowest BCUT2D eigenvalue weighted by Gasteiger charge is -2.04. The van der Waals surface area contributed by atoms with Gasteiger partial charge < -0.3 is 13.9 Å². The first kappa shape index (κ1) is 17.3. The van der Waals surface area contributed by atoms with Crippen molar-refractivity contribution in [3.05, 3.63) is 64.3 Å². The van der Waals surface area contributed by atoms with Gasteiger partial charge in [0, 0.05) is 16.3 Å². The second kappa shape index (κ2) is 7.25. The number of aromatic nitrogens is 1. The van der Waals surface area contributed by atoms with Crippen LogP contribution in [0, 0.1) is 0 Å². The lowest BCUT2D eigenvalue weighted by atomic mass is 10.1. The highest BCUT2D eigenvalue weighted by Crippen LogP contribution is 2.31. The van der Waals surface area contributed by atoms with Crippen molar-refractivity contribution in [2.24, 2.45) is 0 Å². The zero-order valence-electron chi connectivity index (χ0n) is 14.9. The van der Waals surface area contributed by atoms with Gasteiger partial charge in [0.25, 0.3) is 0 Å². The topological polar surface area (TPSA) is 61.6 Å². The van der Waals surface area contributed by atoms with Crippen LogP contribution < -0.4 is 15.1 Å². The van der Waals surface area contributed by atoms with Gasteiger partial charge in [0.2, 0.25) is 0 Å². The van der Waals surface area contributed by atoms with Crippen molar-refractivity contribution < 1.29 is 13.9 Å². The van der Waals surface area contributed by atoms with Crippen LogP contribution in [0.2, 0.25) is 0 Å². The van der Waals surface area contributed by atoms with Crippen LogP contribution in [0.15, 0.2) is 63.1 Å². The minimum Gasteiger partial charge on any atom is -0.494 e. The summed E-state index contributed by atoms with van der Waals surface area (Å²) < 4.78 is 16.2. The average Bonchev–Trinajstić information content (AvgIpc) is 3.18. The molecule has 0 N–H and O–H groups in total. The zero-order valence-corrected chi connectivity index (χ0v) is 15.7. The van der Waals surface area contributed by atoms with E-state index in [1.165, 1.54) is 11.3 Å². The quantitative estimate of drug-likeness (QED) is 0.457. The fraction of sp³-hybridized carbons (Fsp3) is 0.143. The molecule has 0 atom stereocenters. The Morgan fingerprint density at radius 1 is 1.15 bits per heavy atom. The van der Waals surface area contributed by atoms with E-state index in [0.29, 0.717) is 28.5 Å². The Bertz CT molecular complexity index is 1150. The molecule has 0 unspecified atom stereocenters. The molecule has 136 valence electrons. The molecule has 0 saturated carbocycles. The third-order valence-electron chi connectivity index (χ3n) is 4.14. The molecule has 0 aliphatic rings. The van der Waals surface area contributed by atoms with Gasteiger partial charge in [-0.25, -0.2) is 9.78 Å². The molecule has 5 nitrogen and oxygen atoms in total. The van der Waals surface area contributed by atoms with Crippen molar-refractivity contribution in [1.82, 2.24) is 4.98 Å². The lowest BCUT2D eigenvalue weighted by molar-refractivity contribution is 0.340. The number of para-hydroxylation sites is 1. The first-order valence-corrected chi connectivity index (χ1v) is 9.37. The summed E-state index contributed by atoms with van der Waals surface area (Å²) in [5.74, 6) is 1.35. The number of rotatable bonds is 5. The summed E-state index contributed by atoms with van der Waals surface area (Å²) in [7, 11) is 1.55. The Balaban J connectivity index is 1.72. The molecule has 0 bridgehead atoms. The molecule has 2 aromatic heterocycles. The summed E-state index contributed by atoms with van der Waals surface area (Å²) in [6.07, 6.45) is 0. The van der Waals surface area contributed by atoms with E-state index in [9.17, 15) is 4.79 Å². The van der Waals surface area contributed by atoms with Gasteiger partial charge in [-0.05, 0) is 43.3 Å². The van der Waals surface area contributed by atoms with Crippen LogP contribution >= 0.6 is 11.3 Å². The minimum atomic E-state index is -0.431. The SMILES string of the molecule is CCOc1ccc(-c2csc(-c3cc4cccc(OC)c4oc3=O)n2)cc1. The van der Waals surface area contributed by atoms with Crippen LogP contribution in [0.1, 0.15) is 6.92 Å². The number of benzene rings is 2. The molecule has 27 heavy (non-hydrogen) atoms. The van der Waals surface area contributed by atoms with Crippen LogP contribution in [-0.2, 0) is 0 Å². The average molecular weight is 379 g/mol. The van der Waals surface area contributed by atoms with Gasteiger partial charge in [-0.3, -0.25) is 0 Å². The predicted octanol–water partition coefficient (Wildman–Crippen LogP) is 4.99. The fourth-order valence-electron chi connectivity index (χ4n) is 2.85. The van der Waals surface area contributed by atoms with E-state index in [2.05, 4.69) is 4.98 Å². The second-order valence-corrected chi connectivity index (χ2v) is 6.68. The van der Waals surface area contributed by atoms with E-state index in [1.807, 2.05) is 48.7 Å². The van der Waals surface area contributed by atoms with E-state index < -0.39 is 5.63 Å².